The van der Waals surface area contributed by atoms with Crippen molar-refractivity contribution in [1.82, 2.24) is 0 Å². The van der Waals surface area contributed by atoms with Gasteiger partial charge in [0.2, 0.25) is 0 Å². The number of benzene rings is 2. The van der Waals surface area contributed by atoms with E-state index < -0.39 is 11.9 Å². The lowest BCUT2D eigenvalue weighted by Crippen LogP contribution is -2.12. The van der Waals surface area contributed by atoms with Gasteiger partial charge in [-0.25, -0.2) is 4.79 Å². The number of nitrogens with zero attached hydrogens (tertiary/aromatic N) is 1. The van der Waals surface area contributed by atoms with Crippen molar-refractivity contribution in [3.63, 3.8) is 0 Å². The van der Waals surface area contributed by atoms with Crippen molar-refractivity contribution in [2.24, 2.45) is 5.73 Å². The van der Waals surface area contributed by atoms with E-state index in [1.54, 1.807) is 43.5 Å². The maximum Gasteiger partial charge on any atom is 0.336 e. The quantitative estimate of drug-likeness (QED) is 0.276. The molecule has 1 amide bonds. The fourth-order valence-electron chi connectivity index (χ4n) is 2.63. The summed E-state index contributed by atoms with van der Waals surface area (Å²) in [6.45, 7) is 3.83. The van der Waals surface area contributed by atoms with Crippen LogP contribution >= 0.6 is 0 Å². The number of carbonyl (C=O) groups is 2. The third kappa shape index (κ3) is 6.64. The maximum atomic E-state index is 12.3. The van der Waals surface area contributed by atoms with Gasteiger partial charge in [-0.15, -0.1) is 0 Å². The number of hydrogen-bond donors (Lipinski definition) is 1. The molecule has 0 saturated carbocycles. The zero-order chi connectivity index (χ0) is 23.7. The summed E-state index contributed by atoms with van der Waals surface area (Å²) in [4.78, 5) is 23.5. The second-order valence-electron chi connectivity index (χ2n) is 6.78. The second-order valence-corrected chi connectivity index (χ2v) is 6.78. The molecule has 0 spiro atoms. The Morgan fingerprint density at radius 3 is 2.16 bits per heavy atom. The molecule has 2 aromatic rings. The monoisotopic (exact) mass is 436 g/mol. The van der Waals surface area contributed by atoms with Crippen LogP contribution in [0.25, 0.3) is 12.2 Å². The molecule has 0 aliphatic rings. The van der Waals surface area contributed by atoms with Crippen LogP contribution in [0, 0.1) is 11.3 Å². The van der Waals surface area contributed by atoms with Crippen molar-refractivity contribution in [2.75, 3.05) is 14.2 Å². The van der Waals surface area contributed by atoms with Crippen molar-refractivity contribution >= 4 is 24.0 Å². The smallest absolute Gasteiger partial charge is 0.336 e. The summed E-state index contributed by atoms with van der Waals surface area (Å²) in [7, 11) is 2.95. The lowest BCUT2D eigenvalue weighted by atomic mass is 10.1. The van der Waals surface area contributed by atoms with Crippen LogP contribution in [0.5, 0.6) is 23.0 Å². The number of methoxy groups -OCH3 is 2. The molecule has 32 heavy (non-hydrogen) atoms. The molecule has 0 atom stereocenters. The molecule has 0 heterocycles. The summed E-state index contributed by atoms with van der Waals surface area (Å²) < 4.78 is 21.6. The fourth-order valence-corrected chi connectivity index (χ4v) is 2.63. The van der Waals surface area contributed by atoms with Crippen LogP contribution in [-0.4, -0.2) is 32.2 Å². The van der Waals surface area contributed by atoms with E-state index in [0.29, 0.717) is 17.1 Å². The van der Waals surface area contributed by atoms with E-state index in [-0.39, 0.29) is 23.2 Å². The van der Waals surface area contributed by atoms with Gasteiger partial charge in [0.25, 0.3) is 5.91 Å². The molecule has 0 aliphatic carbocycles. The topological polar surface area (TPSA) is 121 Å². The Labute approximate surface area is 186 Å². The van der Waals surface area contributed by atoms with Crippen LogP contribution in [0.15, 0.2) is 48.0 Å². The number of rotatable bonds is 9. The molecule has 0 fully saturated rings. The predicted octanol–water partition coefficient (Wildman–Crippen LogP) is 3.50. The van der Waals surface area contributed by atoms with Crippen molar-refractivity contribution in [2.45, 2.75) is 20.0 Å². The maximum absolute atomic E-state index is 12.3. The van der Waals surface area contributed by atoms with Crippen LogP contribution < -0.4 is 24.7 Å². The van der Waals surface area contributed by atoms with E-state index in [0.717, 1.165) is 5.56 Å². The Bertz CT molecular complexity index is 1100. The molecular formula is C24H24N2O6. The molecular weight excluding hydrogens is 412 g/mol. The molecule has 8 nitrogen and oxygen atoms in total. The highest BCUT2D eigenvalue weighted by Gasteiger charge is 2.11. The van der Waals surface area contributed by atoms with Crippen LogP contribution in [0.4, 0.5) is 0 Å². The first-order valence-corrected chi connectivity index (χ1v) is 9.61. The number of nitrogens with two attached hydrogens (primary N) is 1. The molecule has 2 aromatic carbocycles. The van der Waals surface area contributed by atoms with Gasteiger partial charge in [-0.3, -0.25) is 4.79 Å². The Hall–Kier alpha value is -4.25. The highest BCUT2D eigenvalue weighted by molar-refractivity contribution is 6.00. The van der Waals surface area contributed by atoms with E-state index in [9.17, 15) is 9.59 Å². The highest BCUT2D eigenvalue weighted by atomic mass is 16.6. The van der Waals surface area contributed by atoms with Crippen molar-refractivity contribution < 1.29 is 28.5 Å². The van der Waals surface area contributed by atoms with E-state index >= 15 is 0 Å². The minimum Gasteiger partial charge on any atom is -0.493 e. The molecule has 8 heteroatoms. The van der Waals surface area contributed by atoms with Gasteiger partial charge >= 0.3 is 5.97 Å². The van der Waals surface area contributed by atoms with Crippen LogP contribution in [0.1, 0.15) is 25.0 Å². The number of carbonyl (C=O) groups excluding carboxylic acids is 2. The lowest BCUT2D eigenvalue weighted by molar-refractivity contribution is -0.129. The zero-order valence-electron chi connectivity index (χ0n) is 18.2. The summed E-state index contributed by atoms with van der Waals surface area (Å²) in [5, 5.41) is 8.96. The van der Waals surface area contributed by atoms with Crippen molar-refractivity contribution in [3.05, 3.63) is 59.2 Å². The summed E-state index contributed by atoms with van der Waals surface area (Å²) >= 11 is 0. The first-order chi connectivity index (χ1) is 15.3. The van der Waals surface area contributed by atoms with Gasteiger partial charge in [-0.2, -0.15) is 5.26 Å². The van der Waals surface area contributed by atoms with Gasteiger partial charge in [0.15, 0.2) is 23.0 Å². The predicted molar refractivity (Wildman–Crippen MR) is 119 cm³/mol. The van der Waals surface area contributed by atoms with Crippen LogP contribution in [-0.2, 0) is 9.59 Å². The number of amides is 1. The first-order valence-electron chi connectivity index (χ1n) is 9.61. The SMILES string of the molecule is COc1cc(/C=C(\C#N)C(N)=O)ccc1OC(=O)/C=C/c1ccc(OC(C)C)c(OC)c1. The first kappa shape index (κ1) is 24.0. The van der Waals surface area contributed by atoms with E-state index in [4.69, 9.17) is 29.9 Å². The third-order valence-electron chi connectivity index (χ3n) is 4.06. The molecule has 166 valence electrons. The Kier molecular flexibility index (Phi) is 8.43. The molecule has 2 rings (SSSR count). The molecule has 0 saturated heterocycles. The number of primary amides is 1. The Balaban J connectivity index is 2.16. The Morgan fingerprint density at radius 1 is 0.969 bits per heavy atom. The zero-order valence-corrected chi connectivity index (χ0v) is 18.2. The molecule has 2 N–H and O–H groups in total. The number of hydrogen-bond acceptors (Lipinski definition) is 7. The molecule has 0 bridgehead atoms. The second kappa shape index (κ2) is 11.2. The fraction of sp³-hybridized carbons (Fsp3) is 0.208. The van der Waals surface area contributed by atoms with Gasteiger partial charge in [0.1, 0.15) is 11.6 Å². The number of ether oxygens (including phenoxy) is 4. The van der Waals surface area contributed by atoms with Crippen molar-refractivity contribution in [1.29, 1.82) is 5.26 Å². The van der Waals surface area contributed by atoms with Gasteiger partial charge in [0, 0.05) is 6.08 Å². The van der Waals surface area contributed by atoms with Gasteiger partial charge in [0.05, 0.1) is 20.3 Å². The minimum absolute atomic E-state index is 0.000542. The summed E-state index contributed by atoms with van der Waals surface area (Å²) in [5.41, 5.74) is 6.14. The summed E-state index contributed by atoms with van der Waals surface area (Å²) in [5.74, 6) is 0.119. The normalized spacial score (nSPS) is 11.2. The lowest BCUT2D eigenvalue weighted by Gasteiger charge is -2.13. The highest BCUT2D eigenvalue weighted by Crippen LogP contribution is 2.30. The van der Waals surface area contributed by atoms with Gasteiger partial charge in [-0.05, 0) is 61.4 Å². The average Bonchev–Trinajstić information content (AvgIpc) is 2.76. The third-order valence-corrected chi connectivity index (χ3v) is 4.06. The van der Waals surface area contributed by atoms with Crippen LogP contribution in [0.2, 0.25) is 0 Å². The standard InChI is InChI=1S/C24H24N2O6/c1-15(2)31-19-8-5-16(12-21(19)29-3)7-10-23(27)32-20-9-6-17(13-22(20)30-4)11-18(14-25)24(26)28/h5-13,15H,1-4H3,(H2,26,28)/b10-7+,18-11+. The number of nitriles is 1. The molecule has 0 aliphatic heterocycles. The van der Waals surface area contributed by atoms with Gasteiger partial charge in [-0.1, -0.05) is 12.1 Å². The van der Waals surface area contributed by atoms with Gasteiger partial charge < -0.3 is 24.7 Å². The Morgan fingerprint density at radius 2 is 1.56 bits per heavy atom. The number of esters is 1. The largest absolute Gasteiger partial charge is 0.493 e. The van der Waals surface area contributed by atoms with Crippen molar-refractivity contribution in [3.8, 4) is 29.1 Å². The van der Waals surface area contributed by atoms with E-state index in [1.807, 2.05) is 13.8 Å². The summed E-state index contributed by atoms with van der Waals surface area (Å²) in [6, 6.07) is 11.6. The van der Waals surface area contributed by atoms with E-state index in [1.165, 1.54) is 31.4 Å². The molecule has 0 aromatic heterocycles. The molecule has 0 radical (unpaired) electrons. The van der Waals surface area contributed by atoms with Crippen LogP contribution in [0.3, 0.4) is 0 Å². The minimum atomic E-state index is -0.840. The molecule has 0 unspecified atom stereocenters. The van der Waals surface area contributed by atoms with E-state index in [2.05, 4.69) is 0 Å². The average molecular weight is 436 g/mol. The summed E-state index contributed by atoms with van der Waals surface area (Å²) in [6.07, 6.45) is 4.17.